The summed E-state index contributed by atoms with van der Waals surface area (Å²) in [5.41, 5.74) is 0.266. The van der Waals surface area contributed by atoms with Gasteiger partial charge >= 0.3 is 0 Å². The molecule has 9 heteroatoms. The molecule has 0 saturated heterocycles. The van der Waals surface area contributed by atoms with E-state index >= 15 is 0 Å². The Kier molecular flexibility index (Phi) is 3.21. The molecule has 0 bridgehead atoms. The summed E-state index contributed by atoms with van der Waals surface area (Å²) < 4.78 is 0. The summed E-state index contributed by atoms with van der Waals surface area (Å²) in [4.78, 5) is 16.7. The molecule has 0 unspecified atom stereocenters. The molecule has 2 heterocycles. The van der Waals surface area contributed by atoms with Crippen molar-refractivity contribution in [3.8, 4) is 0 Å². The zero-order valence-electron chi connectivity index (χ0n) is 8.55. The molecule has 2 aromatic rings. The molecular weight excluding hydrogens is 267 g/mol. The van der Waals surface area contributed by atoms with Crippen LogP contribution in [0.25, 0.3) is 0 Å². The Hall–Kier alpha value is -1.73. The van der Waals surface area contributed by atoms with Crippen LogP contribution in [-0.4, -0.2) is 31.1 Å². The van der Waals surface area contributed by atoms with Crippen molar-refractivity contribution in [2.75, 3.05) is 5.32 Å². The molecule has 0 atom stereocenters. The van der Waals surface area contributed by atoms with Crippen molar-refractivity contribution in [2.24, 2.45) is 7.05 Å². The van der Waals surface area contributed by atoms with E-state index in [1.807, 2.05) is 0 Å². The molecule has 0 aliphatic heterocycles. The minimum atomic E-state index is -0.441. The topological polar surface area (TPSA) is 85.6 Å². The predicted molar refractivity (Wildman–Crippen MR) is 61.0 cm³/mol. The van der Waals surface area contributed by atoms with Crippen molar-refractivity contribution in [2.45, 2.75) is 0 Å². The maximum Gasteiger partial charge on any atom is 0.270 e. The quantitative estimate of drug-likeness (QED) is 0.830. The van der Waals surface area contributed by atoms with Crippen molar-refractivity contribution in [3.05, 3.63) is 28.0 Å². The molecule has 0 fully saturated rings. The summed E-state index contributed by atoms with van der Waals surface area (Å²) in [6.07, 6.45) is 0. The molecule has 0 saturated carbocycles. The Labute approximate surface area is 106 Å². The molecule has 1 amide bonds. The van der Waals surface area contributed by atoms with Gasteiger partial charge in [-0.3, -0.25) is 10.1 Å². The lowest BCUT2D eigenvalue weighted by Gasteiger charge is -2.01. The second-order valence-corrected chi connectivity index (χ2v) is 3.83. The zero-order valence-corrected chi connectivity index (χ0v) is 10.1. The van der Waals surface area contributed by atoms with Crippen molar-refractivity contribution in [1.29, 1.82) is 0 Å². The van der Waals surface area contributed by atoms with Gasteiger partial charge in [0.1, 0.15) is 10.3 Å². The lowest BCUT2D eigenvalue weighted by atomic mass is 10.2. The average molecular weight is 273 g/mol. The number of rotatable bonds is 2. The van der Waals surface area contributed by atoms with Gasteiger partial charge in [-0.1, -0.05) is 28.3 Å². The molecule has 0 aliphatic carbocycles. The van der Waals surface area contributed by atoms with Crippen molar-refractivity contribution in [1.82, 2.24) is 25.2 Å². The molecular formula is C8H6Cl2N6O. The van der Waals surface area contributed by atoms with Crippen molar-refractivity contribution < 1.29 is 4.79 Å². The summed E-state index contributed by atoms with van der Waals surface area (Å²) in [5, 5.41) is 13.7. The van der Waals surface area contributed by atoms with E-state index in [4.69, 9.17) is 23.2 Å². The average Bonchev–Trinajstić information content (AvgIpc) is 2.62. The van der Waals surface area contributed by atoms with E-state index in [0.717, 1.165) is 0 Å². The van der Waals surface area contributed by atoms with Crippen LogP contribution in [0.5, 0.6) is 0 Å². The number of nitrogens with zero attached hydrogens (tertiary/aromatic N) is 5. The number of pyridine rings is 1. The van der Waals surface area contributed by atoms with Gasteiger partial charge in [0, 0.05) is 5.56 Å². The maximum absolute atomic E-state index is 11.8. The number of anilines is 1. The predicted octanol–water partition coefficient (Wildman–Crippen LogP) is 1.16. The van der Waals surface area contributed by atoms with Gasteiger partial charge in [-0.05, 0) is 17.3 Å². The van der Waals surface area contributed by atoms with Gasteiger partial charge < -0.3 is 0 Å². The van der Waals surface area contributed by atoms with Crippen molar-refractivity contribution >= 4 is 35.1 Å². The molecule has 2 rings (SSSR count). The van der Waals surface area contributed by atoms with E-state index in [2.05, 4.69) is 25.7 Å². The van der Waals surface area contributed by atoms with Crippen LogP contribution in [0, 0.1) is 0 Å². The highest BCUT2D eigenvalue weighted by Crippen LogP contribution is 2.15. The largest absolute Gasteiger partial charge is 0.288 e. The third-order valence-electron chi connectivity index (χ3n) is 1.76. The summed E-state index contributed by atoms with van der Waals surface area (Å²) in [6.45, 7) is 0. The van der Waals surface area contributed by atoms with E-state index in [-0.39, 0.29) is 21.8 Å². The Bertz CT molecular complexity index is 549. The van der Waals surface area contributed by atoms with E-state index in [0.29, 0.717) is 0 Å². The Morgan fingerprint density at radius 2 is 2.00 bits per heavy atom. The van der Waals surface area contributed by atoms with Crippen LogP contribution in [-0.2, 0) is 7.05 Å². The molecule has 0 aromatic carbocycles. The molecule has 7 nitrogen and oxygen atoms in total. The van der Waals surface area contributed by atoms with Crippen LogP contribution >= 0.6 is 23.2 Å². The van der Waals surface area contributed by atoms with Crippen LogP contribution in [0.3, 0.4) is 0 Å². The normalized spacial score (nSPS) is 10.3. The number of aromatic nitrogens is 5. The fourth-order valence-electron chi connectivity index (χ4n) is 1.10. The summed E-state index contributed by atoms with van der Waals surface area (Å²) >= 11 is 11.4. The highest BCUT2D eigenvalue weighted by Gasteiger charge is 2.11. The number of hydrogen-bond donors (Lipinski definition) is 1. The standard InChI is InChI=1S/C8H6Cl2N6O/c1-16-14-8(13-15-16)12-7(17)4-2-5(9)11-6(10)3-4/h2-3H,1H3,(H,12,14,17). The molecule has 0 radical (unpaired) electrons. The molecule has 88 valence electrons. The minimum absolute atomic E-state index is 0.0987. The number of aryl methyl sites for hydroxylation is 1. The van der Waals surface area contributed by atoms with Gasteiger partial charge in [-0.15, -0.1) is 5.10 Å². The fourth-order valence-corrected chi connectivity index (χ4v) is 1.56. The van der Waals surface area contributed by atoms with Crippen LogP contribution in [0.4, 0.5) is 5.95 Å². The fraction of sp³-hybridized carbons (Fsp3) is 0.125. The molecule has 2 aromatic heterocycles. The first-order chi connectivity index (χ1) is 8.04. The second-order valence-electron chi connectivity index (χ2n) is 3.06. The number of tetrazole rings is 1. The van der Waals surface area contributed by atoms with Crippen LogP contribution in [0.15, 0.2) is 12.1 Å². The molecule has 0 spiro atoms. The zero-order chi connectivity index (χ0) is 12.4. The summed E-state index contributed by atoms with van der Waals surface area (Å²) in [6, 6.07) is 2.78. The van der Waals surface area contributed by atoms with Crippen LogP contribution in [0.2, 0.25) is 10.3 Å². The smallest absolute Gasteiger partial charge is 0.270 e. The van der Waals surface area contributed by atoms with Gasteiger partial charge in [0.25, 0.3) is 11.9 Å². The van der Waals surface area contributed by atoms with E-state index in [1.165, 1.54) is 16.9 Å². The number of carbonyl (C=O) groups excluding carboxylic acids is 1. The van der Waals surface area contributed by atoms with Crippen LogP contribution in [0.1, 0.15) is 10.4 Å². The van der Waals surface area contributed by atoms with E-state index in [1.54, 1.807) is 7.05 Å². The molecule has 0 aliphatic rings. The second kappa shape index (κ2) is 4.64. The Morgan fingerprint density at radius 1 is 1.35 bits per heavy atom. The number of hydrogen-bond acceptors (Lipinski definition) is 5. The third-order valence-corrected chi connectivity index (χ3v) is 2.15. The maximum atomic E-state index is 11.8. The Morgan fingerprint density at radius 3 is 2.53 bits per heavy atom. The van der Waals surface area contributed by atoms with Gasteiger partial charge in [0.05, 0.1) is 7.05 Å². The number of halogens is 2. The van der Waals surface area contributed by atoms with Gasteiger partial charge in [-0.25, -0.2) is 4.98 Å². The number of carbonyl (C=O) groups is 1. The van der Waals surface area contributed by atoms with Crippen molar-refractivity contribution in [3.63, 3.8) is 0 Å². The summed E-state index contributed by atoms with van der Waals surface area (Å²) in [7, 11) is 1.59. The van der Waals surface area contributed by atoms with Gasteiger partial charge in [-0.2, -0.15) is 4.80 Å². The third kappa shape index (κ3) is 2.89. The first-order valence-corrected chi connectivity index (χ1v) is 5.18. The van der Waals surface area contributed by atoms with E-state index in [9.17, 15) is 4.79 Å². The van der Waals surface area contributed by atoms with Crippen LogP contribution < -0.4 is 5.32 Å². The molecule has 17 heavy (non-hydrogen) atoms. The highest BCUT2D eigenvalue weighted by atomic mass is 35.5. The molecule has 1 N–H and O–H groups in total. The Balaban J connectivity index is 2.19. The van der Waals surface area contributed by atoms with Gasteiger partial charge in [0.2, 0.25) is 0 Å². The number of amides is 1. The monoisotopic (exact) mass is 272 g/mol. The van der Waals surface area contributed by atoms with Gasteiger partial charge in [0.15, 0.2) is 0 Å². The minimum Gasteiger partial charge on any atom is -0.288 e. The lowest BCUT2D eigenvalue weighted by Crippen LogP contribution is -2.13. The number of nitrogens with one attached hydrogen (secondary N) is 1. The highest BCUT2D eigenvalue weighted by molar-refractivity contribution is 6.33. The van der Waals surface area contributed by atoms with E-state index < -0.39 is 5.91 Å². The SMILES string of the molecule is Cn1nnc(NC(=O)c2cc(Cl)nc(Cl)c2)n1. The first kappa shape index (κ1) is 11.7. The lowest BCUT2D eigenvalue weighted by molar-refractivity contribution is 0.102. The first-order valence-electron chi connectivity index (χ1n) is 4.43. The summed E-state index contributed by atoms with van der Waals surface area (Å²) in [5.74, 6) is -0.342.